The lowest BCUT2D eigenvalue weighted by Crippen LogP contribution is -2.21. The third kappa shape index (κ3) is 6.18. The lowest BCUT2D eigenvalue weighted by atomic mass is 10.1. The smallest absolute Gasteiger partial charge is 0.328 e. The number of hydrogen-bond donors (Lipinski definition) is 2. The number of methoxy groups -OCH3 is 1. The fraction of sp³-hybridized carbons (Fsp3) is 0.357. The first-order chi connectivity index (χ1) is 8.72. The normalized spacial score (nSPS) is 10.9. The number of aliphatic carboxylic acids is 1. The Balaban J connectivity index is 2.34. The summed E-state index contributed by atoms with van der Waals surface area (Å²) in [6.45, 7) is 2.49. The molecule has 2 N–H and O–H groups in total. The third-order valence-corrected chi connectivity index (χ3v) is 2.47. The second-order valence-corrected chi connectivity index (χ2v) is 3.91. The molecule has 4 heteroatoms. The number of benzene rings is 1. The molecule has 18 heavy (non-hydrogen) atoms. The van der Waals surface area contributed by atoms with Gasteiger partial charge in [-0.1, -0.05) is 24.3 Å². The van der Waals surface area contributed by atoms with Gasteiger partial charge in [-0.2, -0.15) is 0 Å². The second kappa shape index (κ2) is 8.44. The average molecular weight is 249 g/mol. The Hall–Kier alpha value is -1.65. The first-order valence-electron chi connectivity index (χ1n) is 5.92. The SMILES string of the molecule is COCCNCCc1ccc(/C=C/C(=O)O)cc1. The Morgan fingerprint density at radius 2 is 2.06 bits per heavy atom. The van der Waals surface area contributed by atoms with E-state index in [9.17, 15) is 4.79 Å². The molecule has 0 saturated heterocycles. The summed E-state index contributed by atoms with van der Waals surface area (Å²) < 4.78 is 4.94. The molecule has 0 bridgehead atoms. The molecule has 0 fully saturated rings. The Morgan fingerprint density at radius 1 is 1.33 bits per heavy atom. The molecule has 1 rings (SSSR count). The van der Waals surface area contributed by atoms with Gasteiger partial charge in [-0.05, 0) is 30.2 Å². The van der Waals surface area contributed by atoms with Crippen molar-refractivity contribution in [2.24, 2.45) is 0 Å². The Kier molecular flexibility index (Phi) is 6.76. The van der Waals surface area contributed by atoms with Gasteiger partial charge in [0.15, 0.2) is 0 Å². The highest BCUT2D eigenvalue weighted by atomic mass is 16.5. The van der Waals surface area contributed by atoms with Gasteiger partial charge in [0.05, 0.1) is 6.61 Å². The van der Waals surface area contributed by atoms with Gasteiger partial charge in [0.1, 0.15) is 0 Å². The zero-order chi connectivity index (χ0) is 13.2. The summed E-state index contributed by atoms with van der Waals surface area (Å²) in [5.41, 5.74) is 2.13. The van der Waals surface area contributed by atoms with Gasteiger partial charge in [0.2, 0.25) is 0 Å². The molecule has 0 radical (unpaired) electrons. The molecule has 0 aliphatic carbocycles. The van der Waals surface area contributed by atoms with Crippen LogP contribution in [0.15, 0.2) is 30.3 Å². The molecule has 0 aromatic heterocycles. The van der Waals surface area contributed by atoms with Crippen molar-refractivity contribution < 1.29 is 14.6 Å². The zero-order valence-corrected chi connectivity index (χ0v) is 10.6. The highest BCUT2D eigenvalue weighted by molar-refractivity contribution is 5.85. The molecular formula is C14H19NO3. The van der Waals surface area contributed by atoms with Crippen LogP contribution in [0.25, 0.3) is 6.08 Å². The standard InChI is InChI=1S/C14H19NO3/c1-18-11-10-15-9-8-13-4-2-12(3-5-13)6-7-14(16)17/h2-7,15H,8-11H2,1H3,(H,16,17)/b7-6+. The van der Waals surface area contributed by atoms with Crippen molar-refractivity contribution in [3.05, 3.63) is 41.5 Å². The number of rotatable bonds is 8. The predicted octanol–water partition coefficient (Wildman–Crippen LogP) is 1.56. The minimum atomic E-state index is -0.929. The van der Waals surface area contributed by atoms with E-state index in [0.717, 1.165) is 37.8 Å². The molecule has 0 amide bonds. The predicted molar refractivity (Wildman–Crippen MR) is 71.6 cm³/mol. The van der Waals surface area contributed by atoms with Crippen LogP contribution in [-0.2, 0) is 16.0 Å². The van der Waals surface area contributed by atoms with Crippen LogP contribution in [0.3, 0.4) is 0 Å². The average Bonchev–Trinajstić information content (AvgIpc) is 2.37. The number of carbonyl (C=O) groups is 1. The summed E-state index contributed by atoms with van der Waals surface area (Å²) in [7, 11) is 1.69. The van der Waals surface area contributed by atoms with Crippen molar-refractivity contribution in [2.45, 2.75) is 6.42 Å². The zero-order valence-electron chi connectivity index (χ0n) is 10.6. The fourth-order valence-corrected chi connectivity index (χ4v) is 1.49. The summed E-state index contributed by atoms with van der Waals surface area (Å²) in [4.78, 5) is 10.4. The molecular weight excluding hydrogens is 230 g/mol. The quantitative estimate of drug-likeness (QED) is 0.542. The monoisotopic (exact) mass is 249 g/mol. The Labute approximate surface area is 107 Å². The maximum Gasteiger partial charge on any atom is 0.328 e. The molecule has 0 aliphatic heterocycles. The van der Waals surface area contributed by atoms with E-state index >= 15 is 0 Å². The Morgan fingerprint density at radius 3 is 2.67 bits per heavy atom. The Bertz CT molecular complexity index is 385. The molecule has 1 aromatic rings. The van der Waals surface area contributed by atoms with Crippen LogP contribution in [0.1, 0.15) is 11.1 Å². The lowest BCUT2D eigenvalue weighted by molar-refractivity contribution is -0.131. The van der Waals surface area contributed by atoms with Gasteiger partial charge >= 0.3 is 5.97 Å². The molecule has 1 aromatic carbocycles. The van der Waals surface area contributed by atoms with E-state index < -0.39 is 5.97 Å². The maximum absolute atomic E-state index is 10.4. The number of ether oxygens (including phenoxy) is 1. The van der Waals surface area contributed by atoms with E-state index in [0.29, 0.717) is 0 Å². The van der Waals surface area contributed by atoms with Crippen LogP contribution in [0, 0.1) is 0 Å². The van der Waals surface area contributed by atoms with Crippen molar-refractivity contribution in [3.8, 4) is 0 Å². The van der Waals surface area contributed by atoms with E-state index in [1.165, 1.54) is 5.56 Å². The van der Waals surface area contributed by atoms with Gasteiger partial charge in [0, 0.05) is 19.7 Å². The largest absolute Gasteiger partial charge is 0.478 e. The van der Waals surface area contributed by atoms with Crippen LogP contribution < -0.4 is 5.32 Å². The summed E-state index contributed by atoms with van der Waals surface area (Å²) in [5, 5.41) is 11.8. The maximum atomic E-state index is 10.4. The van der Waals surface area contributed by atoms with Crippen LogP contribution in [0.4, 0.5) is 0 Å². The van der Waals surface area contributed by atoms with Crippen molar-refractivity contribution in [1.82, 2.24) is 5.32 Å². The molecule has 98 valence electrons. The number of nitrogens with one attached hydrogen (secondary N) is 1. The van der Waals surface area contributed by atoms with E-state index in [-0.39, 0.29) is 0 Å². The molecule has 0 aliphatic rings. The molecule has 0 atom stereocenters. The number of carboxylic acids is 1. The van der Waals surface area contributed by atoms with Gasteiger partial charge in [0.25, 0.3) is 0 Å². The van der Waals surface area contributed by atoms with E-state index in [1.54, 1.807) is 13.2 Å². The topological polar surface area (TPSA) is 58.6 Å². The first-order valence-corrected chi connectivity index (χ1v) is 5.92. The fourth-order valence-electron chi connectivity index (χ4n) is 1.49. The lowest BCUT2D eigenvalue weighted by Gasteiger charge is -2.04. The molecule has 0 unspecified atom stereocenters. The van der Waals surface area contributed by atoms with Crippen molar-refractivity contribution in [1.29, 1.82) is 0 Å². The van der Waals surface area contributed by atoms with Crippen molar-refractivity contribution >= 4 is 12.0 Å². The van der Waals surface area contributed by atoms with Gasteiger partial charge in [-0.15, -0.1) is 0 Å². The van der Waals surface area contributed by atoms with Crippen LogP contribution in [0.2, 0.25) is 0 Å². The summed E-state index contributed by atoms with van der Waals surface area (Å²) in [6, 6.07) is 7.87. The van der Waals surface area contributed by atoms with Crippen molar-refractivity contribution in [2.75, 3.05) is 26.8 Å². The summed E-state index contributed by atoms with van der Waals surface area (Å²) >= 11 is 0. The van der Waals surface area contributed by atoms with Gasteiger partial charge < -0.3 is 15.2 Å². The van der Waals surface area contributed by atoms with Gasteiger partial charge in [-0.3, -0.25) is 0 Å². The van der Waals surface area contributed by atoms with Crippen LogP contribution in [0.5, 0.6) is 0 Å². The molecule has 0 saturated carbocycles. The first kappa shape index (κ1) is 14.4. The minimum absolute atomic E-state index is 0.721. The number of carboxylic acid groups (broad SMARTS) is 1. The summed E-state index contributed by atoms with van der Waals surface area (Å²) in [5.74, 6) is -0.929. The van der Waals surface area contributed by atoms with Crippen molar-refractivity contribution in [3.63, 3.8) is 0 Å². The van der Waals surface area contributed by atoms with E-state index in [1.807, 2.05) is 24.3 Å². The van der Waals surface area contributed by atoms with E-state index in [2.05, 4.69) is 5.32 Å². The molecule has 4 nitrogen and oxygen atoms in total. The minimum Gasteiger partial charge on any atom is -0.478 e. The molecule has 0 spiro atoms. The third-order valence-electron chi connectivity index (χ3n) is 2.47. The van der Waals surface area contributed by atoms with Crippen LogP contribution >= 0.6 is 0 Å². The summed E-state index contributed by atoms with van der Waals surface area (Å²) in [6.07, 6.45) is 3.68. The number of hydrogen-bond acceptors (Lipinski definition) is 3. The van der Waals surface area contributed by atoms with Gasteiger partial charge in [-0.25, -0.2) is 4.79 Å². The van der Waals surface area contributed by atoms with Crippen LogP contribution in [-0.4, -0.2) is 37.9 Å². The molecule has 0 heterocycles. The van der Waals surface area contributed by atoms with E-state index in [4.69, 9.17) is 9.84 Å². The second-order valence-electron chi connectivity index (χ2n) is 3.91. The highest BCUT2D eigenvalue weighted by Gasteiger charge is 1.94. The highest BCUT2D eigenvalue weighted by Crippen LogP contribution is 2.06.